The minimum Gasteiger partial charge on any atom is -0.479 e. The lowest BCUT2D eigenvalue weighted by molar-refractivity contribution is -0.194. The van der Waals surface area contributed by atoms with Gasteiger partial charge in [0.2, 0.25) is 12.2 Å². The van der Waals surface area contributed by atoms with Gasteiger partial charge in [-0.15, -0.1) is 0 Å². The topological polar surface area (TPSA) is 283 Å². The molecule has 0 spiro atoms. The number of esters is 2. The molecular weight excluding hydrogens is 400 g/mol. The quantitative estimate of drug-likeness (QED) is 0.146. The third kappa shape index (κ3) is 6.43. The summed E-state index contributed by atoms with van der Waals surface area (Å²) >= 11 is 0. The summed E-state index contributed by atoms with van der Waals surface area (Å²) in [5.74, 6) is -12.9. The van der Waals surface area contributed by atoms with Crippen LogP contribution >= 0.6 is 0 Å². The number of hydrogen-bond donors (Lipinski definition) is 8. The molecule has 16 heteroatoms. The van der Waals surface area contributed by atoms with Crippen molar-refractivity contribution in [2.24, 2.45) is 0 Å². The first kappa shape index (κ1) is 24.7. The van der Waals surface area contributed by atoms with Crippen LogP contribution in [0.1, 0.15) is 0 Å². The number of carbonyl (C=O) groups excluding carboxylic acids is 2. The lowest BCUT2D eigenvalue weighted by Crippen LogP contribution is -2.50. The Morgan fingerprint density at radius 1 is 0.464 bits per heavy atom. The molecular formula is C12H14O16. The van der Waals surface area contributed by atoms with E-state index in [-0.39, 0.29) is 0 Å². The highest BCUT2D eigenvalue weighted by atomic mass is 16.6. The molecule has 0 saturated carbocycles. The van der Waals surface area contributed by atoms with Crippen LogP contribution in [0, 0.1) is 0 Å². The van der Waals surface area contributed by atoms with Crippen LogP contribution in [-0.2, 0) is 38.2 Å². The molecule has 0 aliphatic heterocycles. The zero-order valence-corrected chi connectivity index (χ0v) is 13.3. The molecule has 0 aromatic carbocycles. The first-order valence-electron chi connectivity index (χ1n) is 6.76. The Labute approximate surface area is 152 Å². The largest absolute Gasteiger partial charge is 0.479 e. The van der Waals surface area contributed by atoms with E-state index in [4.69, 9.17) is 30.6 Å². The molecule has 6 atom stereocenters. The van der Waals surface area contributed by atoms with Gasteiger partial charge in [0.1, 0.15) is 0 Å². The van der Waals surface area contributed by atoms with Crippen molar-refractivity contribution in [3.63, 3.8) is 0 Å². The van der Waals surface area contributed by atoms with Gasteiger partial charge in [0.25, 0.3) is 0 Å². The molecule has 0 rings (SSSR count). The van der Waals surface area contributed by atoms with Crippen molar-refractivity contribution in [1.29, 1.82) is 0 Å². The molecule has 0 heterocycles. The second-order valence-electron chi connectivity index (χ2n) is 4.85. The van der Waals surface area contributed by atoms with Gasteiger partial charge in [-0.05, 0) is 0 Å². The number of hydrogen-bond acceptors (Lipinski definition) is 12. The number of rotatable bonds is 11. The maximum Gasteiger partial charge on any atom is 0.348 e. The summed E-state index contributed by atoms with van der Waals surface area (Å²) in [6, 6.07) is 0. The average molecular weight is 414 g/mol. The van der Waals surface area contributed by atoms with Crippen LogP contribution in [0.2, 0.25) is 0 Å². The second kappa shape index (κ2) is 10.1. The fourth-order valence-corrected chi connectivity index (χ4v) is 1.41. The van der Waals surface area contributed by atoms with Gasteiger partial charge >= 0.3 is 35.8 Å². The van der Waals surface area contributed by atoms with Gasteiger partial charge in [0.05, 0.1) is 0 Å². The van der Waals surface area contributed by atoms with E-state index in [1.807, 2.05) is 0 Å². The molecule has 0 fully saturated rings. The number of aliphatic carboxylic acids is 4. The van der Waals surface area contributed by atoms with Crippen molar-refractivity contribution >= 4 is 35.8 Å². The van der Waals surface area contributed by atoms with Crippen LogP contribution < -0.4 is 0 Å². The number of aliphatic hydroxyl groups excluding tert-OH is 4. The van der Waals surface area contributed by atoms with Crippen LogP contribution in [0.5, 0.6) is 0 Å². The lowest BCUT2D eigenvalue weighted by Gasteiger charge is -2.22. The lowest BCUT2D eigenvalue weighted by atomic mass is 10.1. The monoisotopic (exact) mass is 414 g/mol. The molecule has 0 amide bonds. The number of ether oxygens (including phenoxy) is 2. The average Bonchev–Trinajstić information content (AvgIpc) is 2.60. The Morgan fingerprint density at radius 3 is 0.893 bits per heavy atom. The molecule has 158 valence electrons. The van der Waals surface area contributed by atoms with Gasteiger partial charge in [0.15, 0.2) is 24.4 Å². The number of aliphatic hydroxyl groups is 4. The Kier molecular flexibility index (Phi) is 8.91. The van der Waals surface area contributed by atoms with E-state index in [9.17, 15) is 39.0 Å². The zero-order chi connectivity index (χ0) is 22.3. The van der Waals surface area contributed by atoms with E-state index in [1.54, 1.807) is 0 Å². The third-order valence-electron chi connectivity index (χ3n) is 2.83. The number of carboxylic acids is 4. The predicted octanol–water partition coefficient (Wildman–Crippen LogP) is -5.41. The Bertz CT molecular complexity index is 598. The standard InChI is InChI=1S/C12H14O16/c13-1(11(25)27-5(9(21)22)3(15)7(17)18)2(14)12(26)28-6(10(23)24)4(16)8(19)20/h1-6,13-16H,(H,17,18)(H,19,20)(H,21,22)(H,23,24). The maximum absolute atomic E-state index is 11.5. The van der Waals surface area contributed by atoms with Crippen molar-refractivity contribution in [3.8, 4) is 0 Å². The molecule has 0 aromatic heterocycles. The highest BCUT2D eigenvalue weighted by Gasteiger charge is 2.43. The minimum atomic E-state index is -2.97. The molecule has 0 radical (unpaired) electrons. The van der Waals surface area contributed by atoms with Crippen LogP contribution in [-0.4, -0.2) is 113 Å². The summed E-state index contributed by atoms with van der Waals surface area (Å²) in [5.41, 5.74) is 0. The molecule has 0 aliphatic carbocycles. The fourth-order valence-electron chi connectivity index (χ4n) is 1.41. The SMILES string of the molecule is O=C(OC(C(=O)O)C(O)C(=O)O)C(O)C(O)C(=O)OC(C(=O)O)C(O)C(=O)O. The highest BCUT2D eigenvalue weighted by Crippen LogP contribution is 2.09. The zero-order valence-electron chi connectivity index (χ0n) is 13.3. The Balaban J connectivity index is 5.23. The van der Waals surface area contributed by atoms with Gasteiger partial charge in [-0.1, -0.05) is 0 Å². The smallest absolute Gasteiger partial charge is 0.348 e. The second-order valence-corrected chi connectivity index (χ2v) is 4.85. The van der Waals surface area contributed by atoms with E-state index in [1.165, 1.54) is 0 Å². The summed E-state index contributed by atoms with van der Waals surface area (Å²) < 4.78 is 7.92. The van der Waals surface area contributed by atoms with E-state index >= 15 is 0 Å². The predicted molar refractivity (Wildman–Crippen MR) is 74.3 cm³/mol. The van der Waals surface area contributed by atoms with Crippen LogP contribution in [0.25, 0.3) is 0 Å². The van der Waals surface area contributed by atoms with Crippen LogP contribution in [0.4, 0.5) is 0 Å². The summed E-state index contributed by atoms with van der Waals surface area (Å²) in [6.45, 7) is 0. The van der Waals surface area contributed by atoms with Crippen molar-refractivity contribution in [2.75, 3.05) is 0 Å². The normalized spacial score (nSPS) is 17.1. The Hall–Kier alpha value is -3.34. The third-order valence-corrected chi connectivity index (χ3v) is 2.83. The molecule has 6 unspecified atom stereocenters. The van der Waals surface area contributed by atoms with Gasteiger partial charge in [-0.3, -0.25) is 0 Å². The van der Waals surface area contributed by atoms with Gasteiger partial charge in [0, 0.05) is 0 Å². The summed E-state index contributed by atoms with van der Waals surface area (Å²) in [6.07, 6.45) is -17.0. The van der Waals surface area contributed by atoms with Crippen molar-refractivity contribution in [1.82, 2.24) is 0 Å². The molecule has 8 N–H and O–H groups in total. The highest BCUT2D eigenvalue weighted by molar-refractivity contribution is 5.90. The van der Waals surface area contributed by atoms with E-state index in [0.717, 1.165) is 0 Å². The summed E-state index contributed by atoms with van der Waals surface area (Å²) in [4.78, 5) is 65.7. The number of carbonyl (C=O) groups is 6. The van der Waals surface area contributed by atoms with E-state index in [0.29, 0.717) is 0 Å². The molecule has 0 bridgehead atoms. The summed E-state index contributed by atoms with van der Waals surface area (Å²) in [5, 5.41) is 71.4. The van der Waals surface area contributed by atoms with Crippen molar-refractivity contribution in [2.45, 2.75) is 36.6 Å². The van der Waals surface area contributed by atoms with Gasteiger partial charge in [-0.25, -0.2) is 28.8 Å². The maximum atomic E-state index is 11.5. The van der Waals surface area contributed by atoms with Crippen molar-refractivity contribution < 1.29 is 79.1 Å². The first-order valence-corrected chi connectivity index (χ1v) is 6.76. The first-order chi connectivity index (χ1) is 12.7. The summed E-state index contributed by atoms with van der Waals surface area (Å²) in [7, 11) is 0. The fraction of sp³-hybridized carbons (Fsp3) is 0.500. The molecule has 0 aromatic rings. The van der Waals surface area contributed by atoms with Crippen LogP contribution in [0.3, 0.4) is 0 Å². The van der Waals surface area contributed by atoms with Crippen LogP contribution in [0.15, 0.2) is 0 Å². The Morgan fingerprint density at radius 2 is 0.714 bits per heavy atom. The minimum absolute atomic E-state index is 2.14. The van der Waals surface area contributed by atoms with E-state index in [2.05, 4.69) is 9.47 Å². The molecule has 16 nitrogen and oxygen atoms in total. The molecule has 0 saturated heterocycles. The van der Waals surface area contributed by atoms with Gasteiger partial charge in [-0.2, -0.15) is 0 Å². The van der Waals surface area contributed by atoms with Gasteiger partial charge < -0.3 is 50.3 Å². The molecule has 0 aliphatic rings. The van der Waals surface area contributed by atoms with Crippen molar-refractivity contribution in [3.05, 3.63) is 0 Å². The number of carboxylic acid groups (broad SMARTS) is 4. The molecule has 28 heavy (non-hydrogen) atoms. The van der Waals surface area contributed by atoms with E-state index < -0.39 is 72.4 Å².